The average Bonchev–Trinajstić information content (AvgIpc) is 3.81. The first kappa shape index (κ1) is 27.1. The number of hydrogen-bond donors (Lipinski definition) is 3. The molecule has 2 aliphatic heterocycles. The summed E-state index contributed by atoms with van der Waals surface area (Å²) in [5.41, 5.74) is 2.45. The van der Waals surface area contributed by atoms with Gasteiger partial charge in [-0.15, -0.1) is 34.0 Å². The number of aliphatic carboxylic acids is 1. The van der Waals surface area contributed by atoms with Crippen LogP contribution in [0.15, 0.2) is 84.0 Å². The molecule has 2 aliphatic rings. The minimum atomic E-state index is -1.11. The number of nitrogens with one attached hydrogen (secondary N) is 1. The van der Waals surface area contributed by atoms with E-state index in [1.165, 1.54) is 30.5 Å². The number of fused-ring (bicyclic) bond motifs is 1. The van der Waals surface area contributed by atoms with Gasteiger partial charge in [0.25, 0.3) is 0 Å². The van der Waals surface area contributed by atoms with Gasteiger partial charge in [0.05, 0.1) is 44.0 Å². The van der Waals surface area contributed by atoms with Crippen LogP contribution in [0.3, 0.4) is 0 Å². The van der Waals surface area contributed by atoms with Crippen LogP contribution in [0.2, 0.25) is 0 Å². The fourth-order valence-corrected chi connectivity index (χ4v) is 8.00. The highest BCUT2D eigenvalue weighted by Crippen LogP contribution is 2.55. The number of aromatic nitrogens is 2. The highest BCUT2D eigenvalue weighted by molar-refractivity contribution is 7.27. The third-order valence-electron chi connectivity index (χ3n) is 6.84. The normalized spacial score (nSPS) is 15.8. The minimum Gasteiger partial charge on any atom is -0.485 e. The minimum absolute atomic E-state index is 0.0538. The third kappa shape index (κ3) is 5.20. The number of thiophene rings is 3. The third-order valence-corrected chi connectivity index (χ3v) is 10.4. The summed E-state index contributed by atoms with van der Waals surface area (Å²) >= 11 is 4.95. The number of aromatic carboxylic acids is 1. The second kappa shape index (κ2) is 11.1. The van der Waals surface area contributed by atoms with Crippen molar-refractivity contribution in [3.8, 4) is 41.4 Å². The van der Waals surface area contributed by atoms with Gasteiger partial charge >= 0.3 is 11.9 Å². The number of carboxylic acid groups (broad SMARTS) is 2. The first-order valence-corrected chi connectivity index (χ1v) is 15.6. The Bertz CT molecular complexity index is 1940. The highest BCUT2D eigenvalue weighted by Gasteiger charge is 2.28. The van der Waals surface area contributed by atoms with Gasteiger partial charge in [0.2, 0.25) is 0 Å². The van der Waals surface area contributed by atoms with Crippen molar-refractivity contribution in [3.63, 3.8) is 0 Å². The number of carboxylic acids is 2. The smallest absolute Gasteiger partial charge is 0.335 e. The van der Waals surface area contributed by atoms with Crippen molar-refractivity contribution in [2.75, 3.05) is 13.2 Å². The Morgan fingerprint density at radius 2 is 1.63 bits per heavy atom. The van der Waals surface area contributed by atoms with Crippen LogP contribution in [0, 0.1) is 0 Å². The first-order chi connectivity index (χ1) is 20.9. The molecule has 0 radical (unpaired) electrons. The van der Waals surface area contributed by atoms with Gasteiger partial charge in [-0.1, -0.05) is 6.07 Å². The summed E-state index contributed by atoms with van der Waals surface area (Å²) in [6.45, 7) is 1.01. The fourth-order valence-electron chi connectivity index (χ4n) is 4.85. The molecule has 0 amide bonds. The molecule has 0 saturated carbocycles. The molecular weight excluding hydrogens is 607 g/mol. The molecule has 9 nitrogen and oxygen atoms in total. The summed E-state index contributed by atoms with van der Waals surface area (Å²) in [6.07, 6.45) is 6.11. The van der Waals surface area contributed by atoms with Crippen molar-refractivity contribution in [2.24, 2.45) is 0 Å². The molecule has 0 fully saturated rings. The van der Waals surface area contributed by atoms with Crippen molar-refractivity contribution in [1.29, 1.82) is 0 Å². The van der Waals surface area contributed by atoms with Crippen molar-refractivity contribution in [1.82, 2.24) is 15.3 Å². The topological polar surface area (TPSA) is 131 Å². The molecule has 5 aromatic rings. The Kier molecular flexibility index (Phi) is 7.01. The van der Waals surface area contributed by atoms with Crippen LogP contribution >= 0.6 is 34.0 Å². The predicted molar refractivity (Wildman–Crippen MR) is 166 cm³/mol. The summed E-state index contributed by atoms with van der Waals surface area (Å²) in [5.74, 6) is -0.623. The van der Waals surface area contributed by atoms with Crippen molar-refractivity contribution < 1.29 is 29.3 Å². The van der Waals surface area contributed by atoms with Gasteiger partial charge in [-0.25, -0.2) is 9.59 Å². The number of carbonyl (C=O) groups is 2. The fraction of sp³-hybridized carbons (Fsp3) is 0.0968. The molecule has 1 atom stereocenters. The van der Waals surface area contributed by atoms with Crippen LogP contribution in [0.25, 0.3) is 35.6 Å². The van der Waals surface area contributed by atoms with Crippen LogP contribution in [-0.4, -0.2) is 45.3 Å². The van der Waals surface area contributed by atoms with E-state index < -0.39 is 18.0 Å². The number of nitrogens with zero attached hydrogens (tertiary/aromatic N) is 2. The zero-order chi connectivity index (χ0) is 29.5. The Hall–Kier alpha value is -4.78. The van der Waals surface area contributed by atoms with E-state index in [9.17, 15) is 19.8 Å². The summed E-state index contributed by atoms with van der Waals surface area (Å²) in [4.78, 5) is 37.6. The maximum Gasteiger partial charge on any atom is 0.335 e. The van der Waals surface area contributed by atoms with E-state index >= 15 is 0 Å². The van der Waals surface area contributed by atoms with E-state index in [2.05, 4.69) is 33.5 Å². The second-order valence-corrected chi connectivity index (χ2v) is 12.6. The molecule has 0 saturated heterocycles. The van der Waals surface area contributed by atoms with Crippen LogP contribution in [0.1, 0.15) is 27.8 Å². The van der Waals surface area contributed by atoms with Crippen LogP contribution in [0.4, 0.5) is 0 Å². The Morgan fingerprint density at radius 3 is 2.37 bits per heavy atom. The van der Waals surface area contributed by atoms with E-state index in [0.717, 1.165) is 41.4 Å². The van der Waals surface area contributed by atoms with Gasteiger partial charge in [-0.2, -0.15) is 0 Å². The van der Waals surface area contributed by atoms with Gasteiger partial charge in [-0.3, -0.25) is 9.97 Å². The zero-order valence-corrected chi connectivity index (χ0v) is 24.6. The standard InChI is InChI=1S/C31H21N3O6S3/c35-30(36)17-6-8-33-20(13-17)22-15-18(31(37)38)14-21(34-22)19-12-16(5-7-32-19)23-3-4-25(42-23)29-27-26(39-9-10-40-27)28(43-29)24-2-1-11-41-24/h1-8,11-15,22,34H,9-10H2,(H,35,36)(H,37,38). The molecule has 0 spiro atoms. The molecule has 3 N–H and O–H groups in total. The molecule has 0 aliphatic carbocycles. The van der Waals surface area contributed by atoms with Gasteiger partial charge in [0.15, 0.2) is 11.5 Å². The Balaban J connectivity index is 1.21. The predicted octanol–water partition coefficient (Wildman–Crippen LogP) is 6.83. The van der Waals surface area contributed by atoms with Gasteiger partial charge < -0.3 is 25.0 Å². The quantitative estimate of drug-likeness (QED) is 0.178. The van der Waals surface area contributed by atoms with E-state index in [0.29, 0.717) is 30.3 Å². The Labute approximate surface area is 257 Å². The van der Waals surface area contributed by atoms with Crippen molar-refractivity contribution in [2.45, 2.75) is 6.04 Å². The number of hydrogen-bond acceptors (Lipinski definition) is 10. The lowest BCUT2D eigenvalue weighted by Crippen LogP contribution is -2.25. The van der Waals surface area contributed by atoms with Crippen LogP contribution in [0.5, 0.6) is 11.5 Å². The van der Waals surface area contributed by atoms with Gasteiger partial charge in [0, 0.05) is 27.0 Å². The highest BCUT2D eigenvalue weighted by atomic mass is 32.1. The Morgan fingerprint density at radius 1 is 0.860 bits per heavy atom. The maximum absolute atomic E-state index is 12.0. The van der Waals surface area contributed by atoms with Crippen molar-refractivity contribution in [3.05, 3.63) is 101 Å². The largest absolute Gasteiger partial charge is 0.485 e. The summed E-state index contributed by atoms with van der Waals surface area (Å²) < 4.78 is 12.1. The van der Waals surface area contributed by atoms with E-state index in [-0.39, 0.29) is 11.1 Å². The number of dihydropyridines is 1. The lowest BCUT2D eigenvalue weighted by Gasteiger charge is -2.23. The molecule has 7 heterocycles. The molecule has 214 valence electrons. The van der Waals surface area contributed by atoms with Crippen molar-refractivity contribution >= 4 is 51.6 Å². The maximum atomic E-state index is 12.0. The van der Waals surface area contributed by atoms with Gasteiger partial charge in [0.1, 0.15) is 13.2 Å². The van der Waals surface area contributed by atoms with E-state index in [1.807, 2.05) is 23.6 Å². The monoisotopic (exact) mass is 627 g/mol. The summed E-state index contributed by atoms with van der Waals surface area (Å²) in [6, 6.07) is 14.2. The molecule has 0 aromatic carbocycles. The first-order valence-electron chi connectivity index (χ1n) is 13.1. The molecule has 5 aromatic heterocycles. The molecule has 7 rings (SSSR count). The number of rotatable bonds is 7. The zero-order valence-electron chi connectivity index (χ0n) is 22.1. The SMILES string of the molecule is O=C(O)C1=CC(c2cc(C(=O)O)ccn2)NC(c2cc(-c3ccc(-c4sc(-c5cccs5)c5c4OCCO5)s3)ccn2)=C1. The van der Waals surface area contributed by atoms with Crippen LogP contribution < -0.4 is 14.8 Å². The second-order valence-electron chi connectivity index (χ2n) is 9.57. The lowest BCUT2D eigenvalue weighted by atomic mass is 10.00. The van der Waals surface area contributed by atoms with Gasteiger partial charge in [-0.05, 0) is 65.6 Å². The van der Waals surface area contributed by atoms with E-state index in [1.54, 1.807) is 40.2 Å². The molecule has 0 bridgehead atoms. The average molecular weight is 628 g/mol. The lowest BCUT2D eigenvalue weighted by molar-refractivity contribution is -0.132. The molecule has 1 unspecified atom stereocenters. The van der Waals surface area contributed by atoms with E-state index in [4.69, 9.17) is 9.47 Å². The van der Waals surface area contributed by atoms with Crippen LogP contribution in [-0.2, 0) is 4.79 Å². The molecule has 43 heavy (non-hydrogen) atoms. The summed E-state index contributed by atoms with van der Waals surface area (Å²) in [7, 11) is 0. The summed E-state index contributed by atoms with van der Waals surface area (Å²) in [5, 5.41) is 24.5. The molecular formula is C31H21N3O6S3. The molecule has 12 heteroatoms. The number of pyridine rings is 2. The number of ether oxygens (including phenoxy) is 2.